The van der Waals surface area contributed by atoms with Crippen molar-refractivity contribution in [1.82, 2.24) is 14.8 Å². The van der Waals surface area contributed by atoms with Crippen molar-refractivity contribution in [2.75, 3.05) is 33.2 Å². The number of amides is 1. The van der Waals surface area contributed by atoms with Gasteiger partial charge in [-0.15, -0.1) is 0 Å². The van der Waals surface area contributed by atoms with E-state index in [4.69, 9.17) is 5.73 Å². The van der Waals surface area contributed by atoms with Crippen molar-refractivity contribution in [3.63, 3.8) is 0 Å². The second-order valence-electron chi connectivity index (χ2n) is 8.59. The Kier molecular flexibility index (Phi) is 7.25. The van der Waals surface area contributed by atoms with E-state index in [9.17, 15) is 4.79 Å². The number of rotatable bonds is 7. The minimum Gasteiger partial charge on any atom is -0.343 e. The molecule has 5 nitrogen and oxygen atoms in total. The van der Waals surface area contributed by atoms with Crippen molar-refractivity contribution in [2.24, 2.45) is 11.1 Å². The lowest BCUT2D eigenvalue weighted by Crippen LogP contribution is -2.48. The highest BCUT2D eigenvalue weighted by molar-refractivity contribution is 5.77. The Morgan fingerprint density at radius 3 is 2.63 bits per heavy atom. The Bertz CT molecular complexity index is 577. The quantitative estimate of drug-likeness (QED) is 0.799. The first-order valence-electron chi connectivity index (χ1n) is 10.7. The summed E-state index contributed by atoms with van der Waals surface area (Å²) in [7, 11) is 2.00. The number of likely N-dealkylation sites (tertiary alicyclic amines) is 1. The van der Waals surface area contributed by atoms with Crippen molar-refractivity contribution in [3.8, 4) is 0 Å². The fraction of sp³-hybridized carbons (Fsp3) is 0.727. The molecule has 1 saturated heterocycles. The maximum absolute atomic E-state index is 12.9. The highest BCUT2D eigenvalue weighted by Crippen LogP contribution is 2.39. The van der Waals surface area contributed by atoms with Gasteiger partial charge in [-0.3, -0.25) is 9.78 Å². The fourth-order valence-electron chi connectivity index (χ4n) is 4.75. The Morgan fingerprint density at radius 1 is 1.26 bits per heavy atom. The third-order valence-electron chi connectivity index (χ3n) is 6.78. The van der Waals surface area contributed by atoms with Gasteiger partial charge in [0.05, 0.1) is 0 Å². The summed E-state index contributed by atoms with van der Waals surface area (Å²) in [6.45, 7) is 3.84. The molecule has 1 saturated carbocycles. The van der Waals surface area contributed by atoms with Crippen molar-refractivity contribution >= 4 is 5.91 Å². The number of pyridine rings is 1. The number of piperidine rings is 1. The largest absolute Gasteiger partial charge is 0.343 e. The van der Waals surface area contributed by atoms with Gasteiger partial charge in [-0.2, -0.15) is 0 Å². The number of hydrogen-bond acceptors (Lipinski definition) is 4. The Balaban J connectivity index is 1.43. The molecular formula is C22H36N4O. The van der Waals surface area contributed by atoms with Crippen LogP contribution in [-0.4, -0.2) is 60.0 Å². The summed E-state index contributed by atoms with van der Waals surface area (Å²) in [4.78, 5) is 21.9. The van der Waals surface area contributed by atoms with E-state index in [1.807, 2.05) is 24.2 Å². The summed E-state index contributed by atoms with van der Waals surface area (Å²) in [6, 6.07) is 6.49. The molecular weight excluding hydrogens is 336 g/mol. The fourth-order valence-corrected chi connectivity index (χ4v) is 4.75. The summed E-state index contributed by atoms with van der Waals surface area (Å²) in [5, 5.41) is 0. The van der Waals surface area contributed by atoms with E-state index in [1.54, 1.807) is 0 Å². The van der Waals surface area contributed by atoms with Crippen LogP contribution in [0.1, 0.15) is 57.1 Å². The molecule has 2 fully saturated rings. The average molecular weight is 373 g/mol. The van der Waals surface area contributed by atoms with Gasteiger partial charge in [0.25, 0.3) is 0 Å². The van der Waals surface area contributed by atoms with Crippen LogP contribution < -0.4 is 5.73 Å². The van der Waals surface area contributed by atoms with Crippen molar-refractivity contribution in [1.29, 1.82) is 0 Å². The van der Waals surface area contributed by atoms with Gasteiger partial charge in [-0.1, -0.05) is 25.3 Å². The van der Waals surface area contributed by atoms with Gasteiger partial charge in [0.15, 0.2) is 0 Å². The van der Waals surface area contributed by atoms with Crippen LogP contribution in [-0.2, 0) is 11.2 Å². The second kappa shape index (κ2) is 9.65. The van der Waals surface area contributed by atoms with Gasteiger partial charge in [0, 0.05) is 57.5 Å². The number of nitrogens with zero attached hydrogens (tertiary/aromatic N) is 3. The molecule has 0 unspecified atom stereocenters. The first kappa shape index (κ1) is 20.3. The predicted molar refractivity (Wildman–Crippen MR) is 109 cm³/mol. The molecule has 0 radical (unpaired) electrons. The number of nitrogens with two attached hydrogens (primary N) is 1. The van der Waals surface area contributed by atoms with E-state index in [0.717, 1.165) is 57.4 Å². The van der Waals surface area contributed by atoms with Crippen LogP contribution in [0.3, 0.4) is 0 Å². The molecule has 27 heavy (non-hydrogen) atoms. The molecule has 3 rings (SSSR count). The smallest absolute Gasteiger partial charge is 0.223 e. The Hall–Kier alpha value is -1.46. The number of carbonyl (C=O) groups is 1. The Labute approximate surface area is 164 Å². The van der Waals surface area contributed by atoms with E-state index < -0.39 is 0 Å². The first-order chi connectivity index (χ1) is 13.1. The molecule has 1 aliphatic heterocycles. The number of hydrogen-bond donors (Lipinski definition) is 1. The van der Waals surface area contributed by atoms with Gasteiger partial charge in [0.2, 0.25) is 5.91 Å². The molecule has 2 heterocycles. The molecule has 1 amide bonds. The summed E-state index contributed by atoms with van der Waals surface area (Å²) in [5.41, 5.74) is 7.30. The van der Waals surface area contributed by atoms with Crippen molar-refractivity contribution in [3.05, 3.63) is 30.1 Å². The second-order valence-corrected chi connectivity index (χ2v) is 8.59. The van der Waals surface area contributed by atoms with Crippen LogP contribution in [0.4, 0.5) is 0 Å². The highest BCUT2D eigenvalue weighted by atomic mass is 16.2. The van der Waals surface area contributed by atoms with Crippen molar-refractivity contribution in [2.45, 2.75) is 63.8 Å². The zero-order valence-electron chi connectivity index (χ0n) is 16.9. The van der Waals surface area contributed by atoms with E-state index in [0.29, 0.717) is 24.9 Å². The van der Waals surface area contributed by atoms with Gasteiger partial charge >= 0.3 is 0 Å². The zero-order valence-corrected chi connectivity index (χ0v) is 16.9. The predicted octanol–water partition coefficient (Wildman–Crippen LogP) is 2.85. The minimum absolute atomic E-state index is 0.0625. The van der Waals surface area contributed by atoms with E-state index in [2.05, 4.69) is 22.0 Å². The molecule has 1 aliphatic carbocycles. The normalized spacial score (nSPS) is 21.1. The van der Waals surface area contributed by atoms with Crippen LogP contribution in [0, 0.1) is 5.41 Å². The highest BCUT2D eigenvalue weighted by Gasteiger charge is 2.35. The molecule has 0 atom stereocenters. The van der Waals surface area contributed by atoms with Crippen LogP contribution in [0.15, 0.2) is 24.4 Å². The Morgan fingerprint density at radius 2 is 2.00 bits per heavy atom. The van der Waals surface area contributed by atoms with Gasteiger partial charge in [0.1, 0.15) is 0 Å². The van der Waals surface area contributed by atoms with Crippen molar-refractivity contribution < 1.29 is 4.79 Å². The van der Waals surface area contributed by atoms with Crippen LogP contribution in [0.5, 0.6) is 0 Å². The van der Waals surface area contributed by atoms with E-state index in [1.165, 1.54) is 19.3 Å². The summed E-state index contributed by atoms with van der Waals surface area (Å²) < 4.78 is 0. The first-order valence-corrected chi connectivity index (χ1v) is 10.7. The maximum atomic E-state index is 12.9. The number of carbonyl (C=O) groups excluding carboxylic acids is 1. The summed E-state index contributed by atoms with van der Waals surface area (Å²) in [5.74, 6) is 0.300. The molecule has 5 heteroatoms. The van der Waals surface area contributed by atoms with E-state index >= 15 is 0 Å². The van der Waals surface area contributed by atoms with Crippen LogP contribution >= 0.6 is 0 Å². The molecule has 150 valence electrons. The van der Waals surface area contributed by atoms with Crippen LogP contribution in [0.2, 0.25) is 0 Å². The molecule has 0 spiro atoms. The molecule has 0 aromatic carbocycles. The monoisotopic (exact) mass is 372 g/mol. The maximum Gasteiger partial charge on any atom is 0.223 e. The lowest BCUT2D eigenvalue weighted by molar-refractivity contribution is -0.135. The molecule has 0 bridgehead atoms. The zero-order chi connectivity index (χ0) is 19.1. The SMILES string of the molecule is CN(C(=O)CC1(CN)CCCCC1)C1CCN(CCc2ccccn2)CC1. The lowest BCUT2D eigenvalue weighted by atomic mass is 9.71. The number of aromatic nitrogens is 1. The lowest BCUT2D eigenvalue weighted by Gasteiger charge is -2.40. The summed E-state index contributed by atoms with van der Waals surface area (Å²) >= 11 is 0. The van der Waals surface area contributed by atoms with E-state index in [-0.39, 0.29) is 5.41 Å². The van der Waals surface area contributed by atoms with Gasteiger partial charge in [-0.25, -0.2) is 0 Å². The summed E-state index contributed by atoms with van der Waals surface area (Å²) in [6.07, 6.45) is 11.6. The topological polar surface area (TPSA) is 62.5 Å². The molecule has 1 aromatic heterocycles. The molecule has 2 aliphatic rings. The van der Waals surface area contributed by atoms with Crippen LogP contribution in [0.25, 0.3) is 0 Å². The minimum atomic E-state index is 0.0625. The molecule has 2 N–H and O–H groups in total. The third-order valence-corrected chi connectivity index (χ3v) is 6.78. The average Bonchev–Trinajstić information content (AvgIpc) is 2.73. The van der Waals surface area contributed by atoms with Gasteiger partial charge < -0.3 is 15.5 Å². The third kappa shape index (κ3) is 5.52. The standard InChI is InChI=1S/C22H36N4O/c1-25(21(27)17-22(18-23)11-4-2-5-12-22)20-9-15-26(16-10-20)14-8-19-7-3-6-13-24-19/h3,6-7,13,20H,2,4-5,8-12,14-18,23H2,1H3. The van der Waals surface area contributed by atoms with Gasteiger partial charge in [-0.05, 0) is 49.8 Å². The molecule has 1 aromatic rings.